The molecule has 3 atom stereocenters. The van der Waals surface area contributed by atoms with Crippen molar-refractivity contribution < 1.29 is 19.5 Å². The minimum atomic E-state index is -1.10. The van der Waals surface area contributed by atoms with Crippen LogP contribution in [0.1, 0.15) is 33.6 Å². The Balaban J connectivity index is 2.72. The Labute approximate surface area is 118 Å². The van der Waals surface area contributed by atoms with E-state index in [-0.39, 0.29) is 11.8 Å². The van der Waals surface area contributed by atoms with Crippen molar-refractivity contribution in [3.05, 3.63) is 0 Å². The van der Waals surface area contributed by atoms with Crippen LogP contribution in [-0.2, 0) is 14.4 Å². The first-order valence-electron chi connectivity index (χ1n) is 6.85. The maximum Gasteiger partial charge on any atom is 0.325 e. The van der Waals surface area contributed by atoms with Gasteiger partial charge in [0.2, 0.25) is 11.8 Å². The molecule has 1 aliphatic rings. The van der Waals surface area contributed by atoms with Crippen LogP contribution in [0.15, 0.2) is 0 Å². The van der Waals surface area contributed by atoms with Crippen LogP contribution in [0.2, 0.25) is 0 Å². The van der Waals surface area contributed by atoms with Gasteiger partial charge in [-0.2, -0.15) is 0 Å². The number of hydrogen-bond acceptors (Lipinski definition) is 4. The molecule has 0 saturated carbocycles. The minimum absolute atomic E-state index is 0.00949. The fourth-order valence-corrected chi connectivity index (χ4v) is 2.15. The number of carboxylic acid groups (broad SMARTS) is 1. The number of rotatable bonds is 5. The van der Waals surface area contributed by atoms with E-state index in [0.717, 1.165) is 6.42 Å². The smallest absolute Gasteiger partial charge is 0.325 e. The highest BCUT2D eigenvalue weighted by Crippen LogP contribution is 2.19. The first-order chi connectivity index (χ1) is 9.25. The largest absolute Gasteiger partial charge is 0.480 e. The lowest BCUT2D eigenvalue weighted by Crippen LogP contribution is -2.54. The van der Waals surface area contributed by atoms with Crippen molar-refractivity contribution in [1.29, 1.82) is 0 Å². The van der Waals surface area contributed by atoms with E-state index in [4.69, 9.17) is 10.8 Å². The minimum Gasteiger partial charge on any atom is -0.480 e. The Morgan fingerprint density at radius 1 is 1.30 bits per heavy atom. The molecular formula is C13H23N3O4. The highest BCUT2D eigenvalue weighted by molar-refractivity contribution is 5.92. The third-order valence-electron chi connectivity index (χ3n) is 3.57. The molecule has 0 bridgehead atoms. The molecule has 0 radical (unpaired) electrons. The van der Waals surface area contributed by atoms with Crippen molar-refractivity contribution in [3.63, 3.8) is 0 Å². The van der Waals surface area contributed by atoms with Crippen LogP contribution >= 0.6 is 0 Å². The second kappa shape index (κ2) is 6.69. The molecule has 2 amide bonds. The number of hydrogen-bond donors (Lipinski definition) is 3. The lowest BCUT2D eigenvalue weighted by Gasteiger charge is -2.28. The maximum absolute atomic E-state index is 12.2. The fraction of sp³-hybridized carbons (Fsp3) is 0.769. The van der Waals surface area contributed by atoms with Crippen LogP contribution in [0.4, 0.5) is 0 Å². The summed E-state index contributed by atoms with van der Waals surface area (Å²) in [6.45, 7) is 5.57. The number of nitrogens with zero attached hydrogens (tertiary/aromatic N) is 1. The topological polar surface area (TPSA) is 113 Å². The van der Waals surface area contributed by atoms with Gasteiger partial charge in [0.25, 0.3) is 0 Å². The van der Waals surface area contributed by atoms with Crippen molar-refractivity contribution in [3.8, 4) is 0 Å². The fourth-order valence-electron chi connectivity index (χ4n) is 2.15. The van der Waals surface area contributed by atoms with Gasteiger partial charge in [-0.1, -0.05) is 13.8 Å². The highest BCUT2D eigenvalue weighted by atomic mass is 16.4. The van der Waals surface area contributed by atoms with Gasteiger partial charge in [-0.3, -0.25) is 14.4 Å². The van der Waals surface area contributed by atoms with Gasteiger partial charge in [0.1, 0.15) is 12.1 Å². The first-order valence-corrected chi connectivity index (χ1v) is 6.85. The van der Waals surface area contributed by atoms with E-state index in [1.165, 1.54) is 11.8 Å². The van der Waals surface area contributed by atoms with Crippen LogP contribution in [0.3, 0.4) is 0 Å². The third kappa shape index (κ3) is 3.69. The summed E-state index contributed by atoms with van der Waals surface area (Å²) in [6.07, 6.45) is 1.25. The molecule has 114 valence electrons. The second-order valence-corrected chi connectivity index (χ2v) is 5.53. The molecule has 20 heavy (non-hydrogen) atoms. The molecule has 0 aromatic carbocycles. The molecule has 1 aliphatic heterocycles. The van der Waals surface area contributed by atoms with E-state index < -0.39 is 30.0 Å². The zero-order valence-electron chi connectivity index (χ0n) is 12.1. The SMILES string of the molecule is CC(C)[C@H](N)C(=O)N1CCC[C@H]1C(=O)N[C@@H](C)C(=O)O. The summed E-state index contributed by atoms with van der Waals surface area (Å²) in [5.74, 6) is -1.79. The maximum atomic E-state index is 12.2. The standard InChI is InChI=1S/C13H23N3O4/c1-7(2)10(14)12(18)16-6-4-5-9(16)11(17)15-8(3)13(19)20/h7-10H,4-6,14H2,1-3H3,(H,15,17)(H,19,20)/t8-,9-,10-/m0/s1. The van der Waals surface area contributed by atoms with Crippen molar-refractivity contribution in [2.75, 3.05) is 6.54 Å². The summed E-state index contributed by atoms with van der Waals surface area (Å²) in [7, 11) is 0. The second-order valence-electron chi connectivity index (χ2n) is 5.53. The molecule has 1 heterocycles. The summed E-state index contributed by atoms with van der Waals surface area (Å²) < 4.78 is 0. The van der Waals surface area contributed by atoms with Gasteiger partial charge in [0.15, 0.2) is 0 Å². The number of likely N-dealkylation sites (tertiary alicyclic amines) is 1. The molecule has 7 nitrogen and oxygen atoms in total. The zero-order valence-corrected chi connectivity index (χ0v) is 12.1. The number of carbonyl (C=O) groups is 3. The number of carboxylic acids is 1. The van der Waals surface area contributed by atoms with E-state index in [9.17, 15) is 14.4 Å². The van der Waals surface area contributed by atoms with E-state index in [2.05, 4.69) is 5.32 Å². The van der Waals surface area contributed by atoms with Crippen molar-refractivity contribution in [1.82, 2.24) is 10.2 Å². The Kier molecular flexibility index (Phi) is 5.50. The average molecular weight is 285 g/mol. The molecule has 7 heteroatoms. The lowest BCUT2D eigenvalue weighted by atomic mass is 10.0. The van der Waals surface area contributed by atoms with Gasteiger partial charge >= 0.3 is 5.97 Å². The monoisotopic (exact) mass is 285 g/mol. The van der Waals surface area contributed by atoms with Gasteiger partial charge in [-0.25, -0.2) is 0 Å². The van der Waals surface area contributed by atoms with Crippen molar-refractivity contribution >= 4 is 17.8 Å². The Hall–Kier alpha value is -1.63. The predicted molar refractivity (Wildman–Crippen MR) is 72.8 cm³/mol. The van der Waals surface area contributed by atoms with Gasteiger partial charge in [-0.15, -0.1) is 0 Å². The summed E-state index contributed by atoms with van der Waals surface area (Å²) in [5.41, 5.74) is 5.83. The Bertz CT molecular complexity index is 397. The Morgan fingerprint density at radius 3 is 2.40 bits per heavy atom. The number of aliphatic carboxylic acids is 1. The summed E-state index contributed by atoms with van der Waals surface area (Å²) in [6, 6.07) is -2.23. The van der Waals surface area contributed by atoms with Crippen LogP contribution in [0.25, 0.3) is 0 Å². The summed E-state index contributed by atoms with van der Waals surface area (Å²) >= 11 is 0. The van der Waals surface area contributed by atoms with Gasteiger partial charge < -0.3 is 21.1 Å². The highest BCUT2D eigenvalue weighted by Gasteiger charge is 2.37. The predicted octanol–water partition coefficient (Wildman–Crippen LogP) is -0.450. The number of nitrogens with one attached hydrogen (secondary N) is 1. The quantitative estimate of drug-likeness (QED) is 0.633. The van der Waals surface area contributed by atoms with Crippen molar-refractivity contribution in [2.45, 2.75) is 51.7 Å². The number of amides is 2. The molecule has 1 saturated heterocycles. The van der Waals surface area contributed by atoms with Gasteiger partial charge in [0, 0.05) is 6.54 Å². The molecule has 0 aromatic rings. The molecule has 1 fully saturated rings. The van der Waals surface area contributed by atoms with Gasteiger partial charge in [-0.05, 0) is 25.7 Å². The molecule has 1 rings (SSSR count). The van der Waals surface area contributed by atoms with Gasteiger partial charge in [0.05, 0.1) is 6.04 Å². The normalized spacial score (nSPS) is 21.6. The van der Waals surface area contributed by atoms with Crippen LogP contribution in [-0.4, -0.2) is 52.5 Å². The molecule has 4 N–H and O–H groups in total. The summed E-state index contributed by atoms with van der Waals surface area (Å²) in [4.78, 5) is 36.5. The summed E-state index contributed by atoms with van der Waals surface area (Å²) in [5, 5.41) is 11.2. The zero-order chi connectivity index (χ0) is 15.4. The first kappa shape index (κ1) is 16.4. The van der Waals surface area contributed by atoms with E-state index in [1.54, 1.807) is 0 Å². The van der Waals surface area contributed by atoms with E-state index in [0.29, 0.717) is 13.0 Å². The molecule has 0 aliphatic carbocycles. The molecule has 0 spiro atoms. The third-order valence-corrected chi connectivity index (χ3v) is 3.57. The lowest BCUT2D eigenvalue weighted by molar-refractivity contribution is -0.143. The number of nitrogens with two attached hydrogens (primary N) is 1. The average Bonchev–Trinajstić information content (AvgIpc) is 2.85. The van der Waals surface area contributed by atoms with Crippen LogP contribution < -0.4 is 11.1 Å². The molecule has 0 aromatic heterocycles. The van der Waals surface area contributed by atoms with Crippen LogP contribution in [0, 0.1) is 5.92 Å². The molecular weight excluding hydrogens is 262 g/mol. The van der Waals surface area contributed by atoms with E-state index >= 15 is 0 Å². The molecule has 0 unspecified atom stereocenters. The van der Waals surface area contributed by atoms with E-state index in [1.807, 2.05) is 13.8 Å². The van der Waals surface area contributed by atoms with Crippen molar-refractivity contribution in [2.24, 2.45) is 11.7 Å². The van der Waals surface area contributed by atoms with Crippen LogP contribution in [0.5, 0.6) is 0 Å². The number of carbonyl (C=O) groups excluding carboxylic acids is 2. The Morgan fingerprint density at radius 2 is 1.90 bits per heavy atom.